The molecule has 0 fully saturated rings. The fourth-order valence-electron chi connectivity index (χ4n) is 7.65. The molecule has 2 atom stereocenters. The number of hydrogen-bond acceptors (Lipinski definition) is 6. The molecule has 4 aliphatic carbocycles. The van der Waals surface area contributed by atoms with E-state index in [1.54, 1.807) is 42.5 Å². The van der Waals surface area contributed by atoms with Crippen LogP contribution in [0.15, 0.2) is 90.0 Å². The van der Waals surface area contributed by atoms with Gasteiger partial charge >= 0.3 is 11.9 Å². The molecule has 4 aliphatic rings. The van der Waals surface area contributed by atoms with Gasteiger partial charge in [-0.2, -0.15) is 0 Å². The minimum Gasteiger partial charge on any atom is -0.466 e. The summed E-state index contributed by atoms with van der Waals surface area (Å²) in [6, 6.07) is 23.7. The average molecular weight is 687 g/mol. The molecular weight excluding hydrogens is 649 g/mol. The van der Waals surface area contributed by atoms with E-state index in [1.807, 2.05) is 57.2 Å². The fraction of sp³-hybridized carbons (Fsp3) is 0.261. The monoisotopic (exact) mass is 686 g/mol. The number of methoxy groups -OCH3 is 2. The van der Waals surface area contributed by atoms with E-state index in [1.165, 1.54) is 14.2 Å². The number of benzene rings is 4. The summed E-state index contributed by atoms with van der Waals surface area (Å²) in [6.45, 7) is 12.3. The molecule has 4 aromatic carbocycles. The maximum absolute atomic E-state index is 13.7. The molecule has 4 aromatic rings. The third-order valence-electron chi connectivity index (χ3n) is 10.00. The minimum atomic E-state index is -1.05. The summed E-state index contributed by atoms with van der Waals surface area (Å²) in [5.74, 6) is 10.3. The Morgan fingerprint density at radius 1 is 0.673 bits per heavy atom. The van der Waals surface area contributed by atoms with Crippen molar-refractivity contribution in [3.05, 3.63) is 151 Å². The first-order valence-electron chi connectivity index (χ1n) is 17.2. The van der Waals surface area contributed by atoms with Gasteiger partial charge in [0.2, 0.25) is 11.6 Å². The molecule has 1 spiro atoms. The second kappa shape index (κ2) is 12.1. The fourth-order valence-corrected chi connectivity index (χ4v) is 7.65. The topological polar surface area (TPSA) is 86.7 Å². The Kier molecular flexibility index (Phi) is 8.00. The van der Waals surface area contributed by atoms with E-state index in [9.17, 15) is 19.2 Å². The van der Waals surface area contributed by atoms with Gasteiger partial charge in [0, 0.05) is 39.2 Å². The Morgan fingerprint density at radius 2 is 1.31 bits per heavy atom. The van der Waals surface area contributed by atoms with Crippen LogP contribution in [0.5, 0.6) is 0 Å². The molecule has 2 unspecified atom stereocenters. The van der Waals surface area contributed by atoms with Crippen LogP contribution >= 0.6 is 0 Å². The molecule has 0 aromatic heterocycles. The SMILES string of the molecule is COC(=O)C1=C(C(=O)OC)C23c4cccc(c42)C1c1c(C#CC(C)(C)C)ccc(C#Cc2cccc(C(=O)C(=O)c4cccc(C(C)(C)C)c4)c2)c13. The van der Waals surface area contributed by atoms with Crippen molar-refractivity contribution >= 4 is 23.5 Å². The second-order valence-corrected chi connectivity index (χ2v) is 15.5. The van der Waals surface area contributed by atoms with Crippen LogP contribution in [0.1, 0.15) is 118 Å². The molecule has 0 radical (unpaired) electrons. The first-order chi connectivity index (χ1) is 24.6. The van der Waals surface area contributed by atoms with Gasteiger partial charge in [-0.3, -0.25) is 9.59 Å². The lowest BCUT2D eigenvalue weighted by molar-refractivity contribution is -0.140. The zero-order valence-corrected chi connectivity index (χ0v) is 30.5. The van der Waals surface area contributed by atoms with Crippen LogP contribution in [-0.2, 0) is 29.9 Å². The Morgan fingerprint density at radius 3 is 1.96 bits per heavy atom. The van der Waals surface area contributed by atoms with E-state index in [2.05, 4.69) is 44.5 Å². The highest BCUT2D eigenvalue weighted by molar-refractivity contribution is 6.49. The van der Waals surface area contributed by atoms with Crippen molar-refractivity contribution in [2.24, 2.45) is 5.41 Å². The molecular formula is C46H38O6. The van der Waals surface area contributed by atoms with Crippen molar-refractivity contribution in [3.8, 4) is 23.7 Å². The lowest BCUT2D eigenvalue weighted by Gasteiger charge is -2.40. The third kappa shape index (κ3) is 5.30. The van der Waals surface area contributed by atoms with Gasteiger partial charge in [-0.1, -0.05) is 93.0 Å². The zero-order chi connectivity index (χ0) is 37.3. The normalized spacial score (nSPS) is 17.4. The van der Waals surface area contributed by atoms with E-state index < -0.39 is 34.8 Å². The number of carbonyl (C=O) groups excluding carboxylic acids is 4. The van der Waals surface area contributed by atoms with Crippen LogP contribution in [0.2, 0.25) is 0 Å². The molecule has 2 bridgehead atoms. The van der Waals surface area contributed by atoms with E-state index >= 15 is 0 Å². The molecule has 0 saturated carbocycles. The predicted octanol–water partition coefficient (Wildman–Crippen LogP) is 7.60. The molecule has 0 N–H and O–H groups in total. The summed E-state index contributed by atoms with van der Waals surface area (Å²) in [5, 5.41) is 0. The summed E-state index contributed by atoms with van der Waals surface area (Å²) >= 11 is 0. The number of ether oxygens (including phenoxy) is 2. The highest BCUT2D eigenvalue weighted by Gasteiger charge is 2.69. The summed E-state index contributed by atoms with van der Waals surface area (Å²) in [4.78, 5) is 54.1. The van der Waals surface area contributed by atoms with Gasteiger partial charge in [0.15, 0.2) is 0 Å². The highest BCUT2D eigenvalue weighted by atomic mass is 16.5. The van der Waals surface area contributed by atoms with Gasteiger partial charge in [0.1, 0.15) is 0 Å². The van der Waals surface area contributed by atoms with E-state index in [0.29, 0.717) is 16.7 Å². The van der Waals surface area contributed by atoms with Crippen LogP contribution in [-0.4, -0.2) is 37.7 Å². The molecule has 52 heavy (non-hydrogen) atoms. The van der Waals surface area contributed by atoms with E-state index in [0.717, 1.165) is 38.9 Å². The molecule has 6 nitrogen and oxygen atoms in total. The van der Waals surface area contributed by atoms with Gasteiger partial charge in [-0.05, 0) is 89.9 Å². The van der Waals surface area contributed by atoms with Crippen molar-refractivity contribution in [3.63, 3.8) is 0 Å². The second-order valence-electron chi connectivity index (χ2n) is 15.5. The maximum atomic E-state index is 13.7. The third-order valence-corrected chi connectivity index (χ3v) is 10.00. The summed E-state index contributed by atoms with van der Waals surface area (Å²) < 4.78 is 10.6. The summed E-state index contributed by atoms with van der Waals surface area (Å²) in [7, 11) is 2.62. The standard InChI is InChI=1S/C46H38O6/c1-44(2,3)23-22-27-20-21-28(19-18-26-12-9-13-29(24-26)40(47)41(48)30-14-10-15-31(25-30)45(4,5)6)37-34(27)35-32-16-11-17-33-38(32)46(33,37)39(43(50)52-8)36(35)42(49)51-7/h9-17,20-21,24-25,35H,1-8H3. The average Bonchev–Trinajstić information content (AvgIpc) is 3.80. The molecule has 258 valence electrons. The molecule has 0 heterocycles. The Hall–Kier alpha value is -5.98. The van der Waals surface area contributed by atoms with Gasteiger partial charge in [0.05, 0.1) is 30.8 Å². The minimum absolute atomic E-state index is 0.178. The number of Topliss-reactive ketones (excluding diaryl/α,β-unsaturated/α-hetero) is 2. The quantitative estimate of drug-likeness (QED) is 0.0931. The smallest absolute Gasteiger partial charge is 0.335 e. The Labute approximate surface area is 304 Å². The van der Waals surface area contributed by atoms with E-state index in [4.69, 9.17) is 9.47 Å². The van der Waals surface area contributed by atoms with Crippen molar-refractivity contribution in [1.29, 1.82) is 0 Å². The van der Waals surface area contributed by atoms with Crippen molar-refractivity contribution in [2.75, 3.05) is 14.2 Å². The highest BCUT2D eigenvalue weighted by Crippen LogP contribution is 2.72. The zero-order valence-electron chi connectivity index (χ0n) is 30.5. The number of esters is 2. The molecule has 8 rings (SSSR count). The molecule has 0 amide bonds. The molecule has 0 saturated heterocycles. The number of hydrogen-bond donors (Lipinski definition) is 0. The predicted molar refractivity (Wildman–Crippen MR) is 198 cm³/mol. The van der Waals surface area contributed by atoms with E-state index in [-0.39, 0.29) is 27.5 Å². The van der Waals surface area contributed by atoms with Crippen LogP contribution in [0, 0.1) is 29.1 Å². The van der Waals surface area contributed by atoms with Gasteiger partial charge < -0.3 is 9.47 Å². The lowest BCUT2D eigenvalue weighted by Crippen LogP contribution is -2.39. The van der Waals surface area contributed by atoms with Crippen molar-refractivity contribution < 1.29 is 28.7 Å². The first kappa shape index (κ1) is 34.5. The largest absolute Gasteiger partial charge is 0.466 e. The van der Waals surface area contributed by atoms with Gasteiger partial charge in [-0.15, -0.1) is 0 Å². The number of carbonyl (C=O) groups is 4. The summed E-state index contributed by atoms with van der Waals surface area (Å²) in [5.41, 5.74) is 6.91. The Bertz CT molecular complexity index is 2440. The maximum Gasteiger partial charge on any atom is 0.335 e. The lowest BCUT2D eigenvalue weighted by atomic mass is 9.60. The number of ketones is 2. The van der Waals surface area contributed by atoms with Crippen LogP contribution in [0.25, 0.3) is 0 Å². The van der Waals surface area contributed by atoms with Crippen LogP contribution in [0.4, 0.5) is 0 Å². The van der Waals surface area contributed by atoms with Gasteiger partial charge in [-0.25, -0.2) is 9.59 Å². The van der Waals surface area contributed by atoms with Crippen LogP contribution < -0.4 is 0 Å². The molecule has 0 aliphatic heterocycles. The van der Waals surface area contributed by atoms with Crippen molar-refractivity contribution in [2.45, 2.75) is 58.3 Å². The van der Waals surface area contributed by atoms with Crippen molar-refractivity contribution in [1.82, 2.24) is 0 Å². The first-order valence-corrected chi connectivity index (χ1v) is 17.2. The molecule has 6 heteroatoms. The summed E-state index contributed by atoms with van der Waals surface area (Å²) in [6.07, 6.45) is 0. The van der Waals surface area contributed by atoms with Crippen LogP contribution in [0.3, 0.4) is 0 Å². The number of rotatable bonds is 5. The Balaban J connectivity index is 1.37. The van der Waals surface area contributed by atoms with Gasteiger partial charge in [0.25, 0.3) is 0 Å².